The van der Waals surface area contributed by atoms with Crippen LogP contribution in [0, 0.1) is 5.92 Å². The summed E-state index contributed by atoms with van der Waals surface area (Å²) in [6.45, 7) is 8.20. The van der Waals surface area contributed by atoms with Crippen LogP contribution in [0.2, 0.25) is 0 Å². The monoisotopic (exact) mass is 606 g/mol. The Balaban J connectivity index is 1.48. The number of hydrogen-bond donors (Lipinski definition) is 2. The number of amides is 2. The predicted molar refractivity (Wildman–Crippen MR) is 156 cm³/mol. The lowest BCUT2D eigenvalue weighted by atomic mass is 9.99. The standard InChI is InChI=1S/C31H41F3N4O5/c1-21-17-38(22(2)20-39)30(41)26-16-25(35-29(40)10-11-37-12-14-42-15-13-37)8-9-27(26)43-28(21)19-36(3)18-23-4-6-24(7-5-23)31(32,33)34/h4-9,16,21-22,28,39H,10-15,17-20H2,1-3H3,(H,35,40)/t21-,22+,28-/m1/s1. The molecule has 2 N–H and O–H groups in total. The van der Waals surface area contributed by atoms with Gasteiger partial charge in [-0.15, -0.1) is 0 Å². The number of ether oxygens (including phenoxy) is 2. The minimum Gasteiger partial charge on any atom is -0.488 e. The number of benzene rings is 2. The molecule has 1 fully saturated rings. The summed E-state index contributed by atoms with van der Waals surface area (Å²) in [5.41, 5.74) is 0.800. The number of morpholine rings is 1. The zero-order chi connectivity index (χ0) is 31.1. The second-order valence-corrected chi connectivity index (χ2v) is 11.5. The Morgan fingerprint density at radius 1 is 1.16 bits per heavy atom. The van der Waals surface area contributed by atoms with E-state index >= 15 is 0 Å². The number of aliphatic hydroxyl groups is 1. The zero-order valence-corrected chi connectivity index (χ0v) is 24.9. The molecule has 2 aromatic carbocycles. The lowest BCUT2D eigenvalue weighted by molar-refractivity contribution is -0.137. The van der Waals surface area contributed by atoms with Gasteiger partial charge in [0.15, 0.2) is 0 Å². The molecule has 1 saturated heterocycles. The average Bonchev–Trinajstić information content (AvgIpc) is 2.98. The number of anilines is 1. The van der Waals surface area contributed by atoms with Crippen molar-refractivity contribution in [3.05, 3.63) is 59.2 Å². The maximum absolute atomic E-state index is 13.7. The number of nitrogens with one attached hydrogen (secondary N) is 1. The van der Waals surface area contributed by atoms with Gasteiger partial charge in [0, 0.05) is 57.3 Å². The summed E-state index contributed by atoms with van der Waals surface area (Å²) < 4.78 is 50.7. The summed E-state index contributed by atoms with van der Waals surface area (Å²) in [7, 11) is 1.86. The van der Waals surface area contributed by atoms with Crippen molar-refractivity contribution >= 4 is 17.5 Å². The number of likely N-dealkylation sites (N-methyl/N-ethyl adjacent to an activating group) is 1. The first kappa shape index (κ1) is 32.7. The van der Waals surface area contributed by atoms with Gasteiger partial charge < -0.3 is 24.8 Å². The molecule has 43 heavy (non-hydrogen) atoms. The van der Waals surface area contributed by atoms with E-state index in [0.29, 0.717) is 57.3 Å². The molecule has 9 nitrogen and oxygen atoms in total. The van der Waals surface area contributed by atoms with Crippen LogP contribution in [0.1, 0.15) is 41.8 Å². The molecule has 2 aliphatic heterocycles. The summed E-state index contributed by atoms with van der Waals surface area (Å²) in [5.74, 6) is -0.223. The van der Waals surface area contributed by atoms with E-state index in [1.54, 1.807) is 30.0 Å². The molecule has 4 rings (SSSR count). The molecular formula is C31H41F3N4O5. The Morgan fingerprint density at radius 2 is 1.86 bits per heavy atom. The molecule has 0 aromatic heterocycles. The molecule has 2 heterocycles. The van der Waals surface area contributed by atoms with E-state index in [1.807, 2.05) is 18.9 Å². The largest absolute Gasteiger partial charge is 0.488 e. The first-order chi connectivity index (χ1) is 20.4. The summed E-state index contributed by atoms with van der Waals surface area (Å²) in [6, 6.07) is 9.63. The molecule has 0 saturated carbocycles. The zero-order valence-electron chi connectivity index (χ0n) is 24.9. The molecule has 236 valence electrons. The summed E-state index contributed by atoms with van der Waals surface area (Å²) in [5, 5.41) is 12.8. The fourth-order valence-electron chi connectivity index (χ4n) is 5.31. The fourth-order valence-corrected chi connectivity index (χ4v) is 5.31. The Labute approximate surface area is 250 Å². The third-order valence-corrected chi connectivity index (χ3v) is 7.93. The van der Waals surface area contributed by atoms with E-state index in [1.165, 1.54) is 12.1 Å². The normalized spacial score (nSPS) is 20.7. The van der Waals surface area contributed by atoms with Crippen molar-refractivity contribution in [1.82, 2.24) is 14.7 Å². The number of rotatable bonds is 10. The highest BCUT2D eigenvalue weighted by atomic mass is 19.4. The van der Waals surface area contributed by atoms with Crippen molar-refractivity contribution in [1.29, 1.82) is 0 Å². The van der Waals surface area contributed by atoms with Gasteiger partial charge in [0.05, 0.1) is 37.0 Å². The molecule has 12 heteroatoms. The first-order valence-corrected chi connectivity index (χ1v) is 14.6. The van der Waals surface area contributed by atoms with E-state index in [9.17, 15) is 27.9 Å². The number of hydrogen-bond acceptors (Lipinski definition) is 7. The van der Waals surface area contributed by atoms with Gasteiger partial charge in [-0.1, -0.05) is 19.1 Å². The highest BCUT2D eigenvalue weighted by Gasteiger charge is 2.34. The molecule has 2 aliphatic rings. The van der Waals surface area contributed by atoms with Gasteiger partial charge in [-0.05, 0) is 49.9 Å². The second-order valence-electron chi connectivity index (χ2n) is 11.5. The van der Waals surface area contributed by atoms with Gasteiger partial charge in [0.25, 0.3) is 5.91 Å². The van der Waals surface area contributed by atoms with Crippen molar-refractivity contribution in [2.75, 3.05) is 64.9 Å². The van der Waals surface area contributed by atoms with Gasteiger partial charge in [0.1, 0.15) is 11.9 Å². The van der Waals surface area contributed by atoms with E-state index in [0.717, 1.165) is 30.8 Å². The van der Waals surface area contributed by atoms with Gasteiger partial charge in [-0.2, -0.15) is 13.2 Å². The van der Waals surface area contributed by atoms with Crippen molar-refractivity contribution < 1.29 is 37.3 Å². The van der Waals surface area contributed by atoms with Crippen molar-refractivity contribution in [2.24, 2.45) is 5.92 Å². The summed E-state index contributed by atoms with van der Waals surface area (Å²) in [4.78, 5) is 32.1. The molecule has 3 atom stereocenters. The predicted octanol–water partition coefficient (Wildman–Crippen LogP) is 3.72. The van der Waals surface area contributed by atoms with E-state index < -0.39 is 17.8 Å². The molecule has 2 amide bonds. The number of carbonyl (C=O) groups is 2. The van der Waals surface area contributed by atoms with Crippen LogP contribution in [-0.4, -0.2) is 103 Å². The number of carbonyl (C=O) groups excluding carboxylic acids is 2. The molecule has 0 radical (unpaired) electrons. The van der Waals surface area contributed by atoms with Crippen molar-refractivity contribution in [3.8, 4) is 5.75 Å². The lowest BCUT2D eigenvalue weighted by Crippen LogP contribution is -2.49. The van der Waals surface area contributed by atoms with Crippen LogP contribution >= 0.6 is 0 Å². The van der Waals surface area contributed by atoms with Crippen LogP contribution in [0.4, 0.5) is 18.9 Å². The van der Waals surface area contributed by atoms with Gasteiger partial charge in [-0.3, -0.25) is 19.4 Å². The Morgan fingerprint density at radius 3 is 2.51 bits per heavy atom. The number of fused-ring (bicyclic) bond motifs is 1. The Kier molecular flexibility index (Phi) is 11.0. The van der Waals surface area contributed by atoms with Crippen LogP contribution in [0.15, 0.2) is 42.5 Å². The highest BCUT2D eigenvalue weighted by molar-refractivity contribution is 6.00. The number of halogens is 3. The van der Waals surface area contributed by atoms with E-state index in [2.05, 4.69) is 10.2 Å². The number of nitrogens with zero attached hydrogens (tertiary/aromatic N) is 3. The average molecular weight is 607 g/mol. The Hall–Kier alpha value is -3.19. The maximum Gasteiger partial charge on any atom is 0.416 e. The van der Waals surface area contributed by atoms with Crippen LogP contribution in [0.3, 0.4) is 0 Å². The van der Waals surface area contributed by atoms with Crippen molar-refractivity contribution in [2.45, 2.75) is 45.1 Å². The number of aliphatic hydroxyl groups excluding tert-OH is 1. The Bertz CT molecular complexity index is 1240. The van der Waals surface area contributed by atoms with Crippen LogP contribution < -0.4 is 10.1 Å². The smallest absolute Gasteiger partial charge is 0.416 e. The fraction of sp³-hybridized carbons (Fsp3) is 0.548. The SMILES string of the molecule is C[C@@H]1CN([C@@H](C)CO)C(=O)c2cc(NC(=O)CCN3CCOCC3)ccc2O[C@@H]1CN(C)Cc1ccc(C(F)(F)F)cc1. The van der Waals surface area contributed by atoms with Gasteiger partial charge in [-0.25, -0.2) is 0 Å². The number of alkyl halides is 3. The molecule has 0 aliphatic carbocycles. The molecule has 2 aromatic rings. The molecule has 0 bridgehead atoms. The van der Waals surface area contributed by atoms with E-state index in [-0.39, 0.29) is 36.0 Å². The summed E-state index contributed by atoms with van der Waals surface area (Å²) >= 11 is 0. The highest BCUT2D eigenvalue weighted by Crippen LogP contribution is 2.32. The third-order valence-electron chi connectivity index (χ3n) is 7.93. The maximum atomic E-state index is 13.7. The van der Waals surface area contributed by atoms with Crippen molar-refractivity contribution in [3.63, 3.8) is 0 Å². The lowest BCUT2D eigenvalue weighted by Gasteiger charge is -2.38. The van der Waals surface area contributed by atoms with Crippen LogP contribution in [-0.2, 0) is 22.3 Å². The second kappa shape index (κ2) is 14.5. The van der Waals surface area contributed by atoms with Gasteiger partial charge in [0.2, 0.25) is 5.91 Å². The molecular weight excluding hydrogens is 565 g/mol. The van der Waals surface area contributed by atoms with Crippen LogP contribution in [0.5, 0.6) is 5.75 Å². The quantitative estimate of drug-likeness (QED) is 0.426. The van der Waals surface area contributed by atoms with Gasteiger partial charge >= 0.3 is 6.18 Å². The topological polar surface area (TPSA) is 94.6 Å². The molecule has 0 spiro atoms. The third kappa shape index (κ3) is 8.91. The minimum atomic E-state index is -4.39. The van der Waals surface area contributed by atoms with E-state index in [4.69, 9.17) is 9.47 Å². The molecule has 0 unspecified atom stereocenters. The first-order valence-electron chi connectivity index (χ1n) is 14.6. The minimum absolute atomic E-state index is 0.124. The van der Waals surface area contributed by atoms with Crippen LogP contribution in [0.25, 0.3) is 0 Å². The summed E-state index contributed by atoms with van der Waals surface area (Å²) in [6.07, 6.45) is -4.45.